The molecule has 154 valence electrons. The van der Waals surface area contributed by atoms with Gasteiger partial charge in [-0.05, 0) is 18.4 Å². The zero-order valence-electron chi connectivity index (χ0n) is 16.1. The van der Waals surface area contributed by atoms with Crippen LogP contribution in [0.2, 0.25) is 0 Å². The second kappa shape index (κ2) is 10.4. The third-order valence-corrected chi connectivity index (χ3v) is 6.25. The topological polar surface area (TPSA) is 104 Å². The summed E-state index contributed by atoms with van der Waals surface area (Å²) >= 11 is 2.75. The smallest absolute Gasteiger partial charge is 0.321 e. The largest absolute Gasteiger partial charge is 0.334 e. The van der Waals surface area contributed by atoms with Crippen LogP contribution in [-0.4, -0.2) is 39.8 Å². The molecule has 0 radical (unpaired) electrons. The number of anilines is 1. The first-order chi connectivity index (χ1) is 14.1. The first-order valence-electron chi connectivity index (χ1n) is 9.46. The number of hydrogen-bond donors (Lipinski definition) is 2. The molecule has 1 aromatic carbocycles. The van der Waals surface area contributed by atoms with Crippen molar-refractivity contribution in [3.05, 3.63) is 35.9 Å². The van der Waals surface area contributed by atoms with E-state index in [1.165, 1.54) is 23.1 Å². The molecule has 1 saturated carbocycles. The van der Waals surface area contributed by atoms with Crippen LogP contribution in [0.25, 0.3) is 0 Å². The Kier molecular flexibility index (Phi) is 7.59. The van der Waals surface area contributed by atoms with Gasteiger partial charge in [0.15, 0.2) is 4.34 Å². The molecule has 1 aliphatic rings. The Morgan fingerprint density at radius 1 is 1.21 bits per heavy atom. The SMILES string of the molecule is CCC(=O)N(c1nnc(SCCC(=O)NC(=O)NCc2ccccc2)s1)C1CC1. The van der Waals surface area contributed by atoms with Gasteiger partial charge in [0.05, 0.1) is 0 Å². The fraction of sp³-hybridized carbons (Fsp3) is 0.421. The van der Waals surface area contributed by atoms with Crippen LogP contribution in [0, 0.1) is 0 Å². The van der Waals surface area contributed by atoms with E-state index in [0.717, 1.165) is 18.4 Å². The molecule has 0 unspecified atom stereocenters. The standard InChI is InChI=1S/C19H23N5O3S2/c1-2-16(26)24(14-8-9-14)18-22-23-19(29-18)28-11-10-15(25)21-17(27)20-12-13-6-4-3-5-7-13/h3-7,14H,2,8-12H2,1H3,(H2,20,21,25,27). The first kappa shape index (κ1) is 21.3. The molecule has 10 heteroatoms. The second-order valence-corrected chi connectivity index (χ2v) is 8.81. The minimum atomic E-state index is -0.514. The van der Waals surface area contributed by atoms with E-state index >= 15 is 0 Å². The molecule has 0 spiro atoms. The van der Waals surface area contributed by atoms with Crippen molar-refractivity contribution in [1.29, 1.82) is 0 Å². The molecule has 8 nitrogen and oxygen atoms in total. The molecule has 4 amide bonds. The Bertz CT molecular complexity index is 855. The third kappa shape index (κ3) is 6.53. The van der Waals surface area contributed by atoms with Crippen LogP contribution in [0.3, 0.4) is 0 Å². The average molecular weight is 434 g/mol. The van der Waals surface area contributed by atoms with E-state index < -0.39 is 6.03 Å². The van der Waals surface area contributed by atoms with Crippen LogP contribution in [0.4, 0.5) is 9.93 Å². The predicted octanol–water partition coefficient (Wildman–Crippen LogP) is 2.95. The number of carbonyl (C=O) groups excluding carboxylic acids is 3. The van der Waals surface area contributed by atoms with E-state index in [1.807, 2.05) is 37.3 Å². The summed E-state index contributed by atoms with van der Waals surface area (Å²) in [5, 5.41) is 13.8. The molecule has 1 fully saturated rings. The highest BCUT2D eigenvalue weighted by atomic mass is 32.2. The fourth-order valence-corrected chi connectivity index (χ4v) is 4.51. The number of amides is 4. The Morgan fingerprint density at radius 3 is 2.66 bits per heavy atom. The van der Waals surface area contributed by atoms with E-state index in [9.17, 15) is 14.4 Å². The Balaban J connectivity index is 1.38. The van der Waals surface area contributed by atoms with Crippen LogP contribution in [0.15, 0.2) is 34.7 Å². The zero-order chi connectivity index (χ0) is 20.6. The minimum Gasteiger partial charge on any atom is -0.334 e. The van der Waals surface area contributed by atoms with Crippen LogP contribution in [0.5, 0.6) is 0 Å². The Hall–Kier alpha value is -2.46. The van der Waals surface area contributed by atoms with Gasteiger partial charge in [0.25, 0.3) is 0 Å². The Morgan fingerprint density at radius 2 is 1.97 bits per heavy atom. The number of thioether (sulfide) groups is 1. The summed E-state index contributed by atoms with van der Waals surface area (Å²) in [6.45, 7) is 2.19. The molecule has 2 aromatic rings. The molecule has 1 aliphatic carbocycles. The second-order valence-electron chi connectivity index (χ2n) is 6.51. The lowest BCUT2D eigenvalue weighted by Gasteiger charge is -2.17. The number of nitrogens with one attached hydrogen (secondary N) is 2. The van der Waals surface area contributed by atoms with Crippen molar-refractivity contribution in [2.45, 2.75) is 49.5 Å². The summed E-state index contributed by atoms with van der Waals surface area (Å²) in [6.07, 6.45) is 2.62. The number of aromatic nitrogens is 2. The quantitative estimate of drug-likeness (QED) is 0.465. The molecule has 0 aliphatic heterocycles. The maximum absolute atomic E-state index is 12.1. The lowest BCUT2D eigenvalue weighted by atomic mass is 10.2. The van der Waals surface area contributed by atoms with Crippen LogP contribution in [0.1, 0.15) is 38.2 Å². The molecular formula is C19H23N5O3S2. The van der Waals surface area contributed by atoms with E-state index in [4.69, 9.17) is 0 Å². The molecule has 0 saturated heterocycles. The van der Waals surface area contributed by atoms with Gasteiger partial charge in [-0.2, -0.15) is 0 Å². The first-order valence-corrected chi connectivity index (χ1v) is 11.3. The van der Waals surface area contributed by atoms with E-state index in [0.29, 0.717) is 28.2 Å². The number of hydrogen-bond acceptors (Lipinski definition) is 7. The van der Waals surface area contributed by atoms with Gasteiger partial charge in [0.2, 0.25) is 16.9 Å². The van der Waals surface area contributed by atoms with Crippen molar-refractivity contribution in [3.8, 4) is 0 Å². The number of imide groups is 1. The number of rotatable bonds is 9. The predicted molar refractivity (Wildman–Crippen MR) is 113 cm³/mol. The fourth-order valence-electron chi connectivity index (χ4n) is 2.57. The summed E-state index contributed by atoms with van der Waals surface area (Å²) in [5.74, 6) is 0.173. The molecule has 3 rings (SSSR count). The van der Waals surface area contributed by atoms with Crippen molar-refractivity contribution in [2.75, 3.05) is 10.7 Å². The number of nitrogens with zero attached hydrogens (tertiary/aromatic N) is 3. The van der Waals surface area contributed by atoms with Gasteiger partial charge in [0.1, 0.15) is 0 Å². The highest BCUT2D eigenvalue weighted by Gasteiger charge is 2.35. The van der Waals surface area contributed by atoms with Crippen molar-refractivity contribution in [3.63, 3.8) is 0 Å². The van der Waals surface area contributed by atoms with Gasteiger partial charge >= 0.3 is 6.03 Å². The van der Waals surface area contributed by atoms with Crippen molar-refractivity contribution < 1.29 is 14.4 Å². The average Bonchev–Trinajstić information content (AvgIpc) is 3.45. The lowest BCUT2D eigenvalue weighted by Crippen LogP contribution is -2.39. The van der Waals surface area contributed by atoms with Crippen LogP contribution < -0.4 is 15.5 Å². The minimum absolute atomic E-state index is 0.0566. The Labute approximate surface area is 177 Å². The summed E-state index contributed by atoms with van der Waals surface area (Å²) in [5.41, 5.74) is 0.958. The maximum atomic E-state index is 12.1. The summed E-state index contributed by atoms with van der Waals surface area (Å²) < 4.78 is 0.705. The lowest BCUT2D eigenvalue weighted by molar-refractivity contribution is -0.120. The summed E-state index contributed by atoms with van der Waals surface area (Å²) in [4.78, 5) is 37.6. The van der Waals surface area contributed by atoms with Gasteiger partial charge in [-0.25, -0.2) is 4.79 Å². The number of carbonyl (C=O) groups is 3. The van der Waals surface area contributed by atoms with Crippen molar-refractivity contribution in [1.82, 2.24) is 20.8 Å². The molecule has 0 atom stereocenters. The highest BCUT2D eigenvalue weighted by molar-refractivity contribution is 8.01. The van der Waals surface area contributed by atoms with Crippen LogP contribution >= 0.6 is 23.1 Å². The van der Waals surface area contributed by atoms with Gasteiger partial charge in [-0.15, -0.1) is 10.2 Å². The maximum Gasteiger partial charge on any atom is 0.321 e. The van der Waals surface area contributed by atoms with E-state index in [1.54, 1.807) is 4.90 Å². The van der Waals surface area contributed by atoms with Crippen molar-refractivity contribution in [2.24, 2.45) is 0 Å². The zero-order valence-corrected chi connectivity index (χ0v) is 17.7. The highest BCUT2D eigenvalue weighted by Crippen LogP contribution is 2.36. The third-order valence-electron chi connectivity index (χ3n) is 4.19. The molecule has 1 aromatic heterocycles. The number of urea groups is 1. The molecular weight excluding hydrogens is 410 g/mol. The van der Waals surface area contributed by atoms with Gasteiger partial charge in [-0.1, -0.05) is 60.4 Å². The van der Waals surface area contributed by atoms with Gasteiger partial charge in [-0.3, -0.25) is 19.8 Å². The van der Waals surface area contributed by atoms with E-state index in [2.05, 4.69) is 20.8 Å². The van der Waals surface area contributed by atoms with Crippen molar-refractivity contribution >= 4 is 46.1 Å². The van der Waals surface area contributed by atoms with E-state index in [-0.39, 0.29) is 24.3 Å². The summed E-state index contributed by atoms with van der Waals surface area (Å²) in [7, 11) is 0. The normalized spacial score (nSPS) is 13.0. The number of benzene rings is 1. The van der Waals surface area contributed by atoms with Crippen LogP contribution in [-0.2, 0) is 16.1 Å². The molecule has 1 heterocycles. The summed E-state index contributed by atoms with van der Waals surface area (Å²) in [6, 6.07) is 9.20. The molecule has 2 N–H and O–H groups in total. The van der Waals surface area contributed by atoms with Gasteiger partial charge < -0.3 is 5.32 Å². The molecule has 0 bridgehead atoms. The van der Waals surface area contributed by atoms with Gasteiger partial charge in [0, 0.05) is 31.2 Å². The molecule has 29 heavy (non-hydrogen) atoms. The monoisotopic (exact) mass is 433 g/mol.